The highest BCUT2D eigenvalue weighted by Gasteiger charge is 2.09. The summed E-state index contributed by atoms with van der Waals surface area (Å²) in [5.74, 6) is 0.0335. The number of hydrogen-bond donors (Lipinski definition) is 2. The molecule has 0 unspecified atom stereocenters. The number of carbonyl (C=O) groups is 1. The van der Waals surface area contributed by atoms with Gasteiger partial charge in [0.25, 0.3) is 5.91 Å². The highest BCUT2D eigenvalue weighted by molar-refractivity contribution is 9.11. The van der Waals surface area contributed by atoms with Crippen molar-refractivity contribution in [3.63, 3.8) is 0 Å². The topological polar surface area (TPSA) is 80.9 Å². The number of nitrogen functional groups attached to an aromatic ring is 1. The number of benzene rings is 2. The summed E-state index contributed by atoms with van der Waals surface area (Å²) in [6, 6.07) is 12.9. The Morgan fingerprint density at radius 3 is 2.29 bits per heavy atom. The molecule has 0 saturated carbocycles. The van der Waals surface area contributed by atoms with Crippen molar-refractivity contribution in [1.82, 2.24) is 9.97 Å². The molecule has 0 radical (unpaired) electrons. The summed E-state index contributed by atoms with van der Waals surface area (Å²) in [6.07, 6.45) is 3.30. The van der Waals surface area contributed by atoms with Crippen LogP contribution < -0.4 is 11.1 Å². The molecule has 3 N–H and O–H groups in total. The van der Waals surface area contributed by atoms with Crippen molar-refractivity contribution in [3.05, 3.63) is 69.4 Å². The van der Waals surface area contributed by atoms with Gasteiger partial charge in [0, 0.05) is 38.2 Å². The normalized spacial score (nSPS) is 10.4. The predicted molar refractivity (Wildman–Crippen MR) is 102 cm³/mol. The minimum Gasteiger partial charge on any atom is -0.368 e. The second-order valence-corrected chi connectivity index (χ2v) is 6.85. The monoisotopic (exact) mass is 446 g/mol. The van der Waals surface area contributed by atoms with Gasteiger partial charge in [0.1, 0.15) is 0 Å². The first-order valence-electron chi connectivity index (χ1n) is 6.97. The third-order valence-corrected chi connectivity index (χ3v) is 4.17. The number of nitrogens with one attached hydrogen (secondary N) is 1. The van der Waals surface area contributed by atoms with E-state index in [4.69, 9.17) is 5.73 Å². The number of nitrogens with two attached hydrogens (primary N) is 1. The van der Waals surface area contributed by atoms with E-state index in [0.29, 0.717) is 11.3 Å². The average molecular weight is 448 g/mol. The number of amides is 1. The van der Waals surface area contributed by atoms with E-state index in [-0.39, 0.29) is 11.9 Å². The highest BCUT2D eigenvalue weighted by atomic mass is 79.9. The lowest BCUT2D eigenvalue weighted by molar-refractivity contribution is 0.102. The predicted octanol–water partition coefficient (Wildman–Crippen LogP) is 4.50. The Kier molecular flexibility index (Phi) is 4.92. The number of carbonyl (C=O) groups excluding carboxylic acids is 1. The zero-order valence-electron chi connectivity index (χ0n) is 12.3. The lowest BCUT2D eigenvalue weighted by Gasteiger charge is -2.08. The molecule has 0 aliphatic rings. The standard InChI is InChI=1S/C17H12Br2N4O/c18-13-4-11(5-14(19)7-13)16(24)23-15-3-1-2-10(6-15)12-8-21-17(20)22-9-12/h1-9H,(H,23,24)(H2,20,21,22). The number of rotatable bonds is 3. The summed E-state index contributed by atoms with van der Waals surface area (Å²) in [7, 11) is 0. The summed E-state index contributed by atoms with van der Waals surface area (Å²) >= 11 is 6.76. The van der Waals surface area contributed by atoms with Crippen LogP contribution in [0.25, 0.3) is 11.1 Å². The number of anilines is 2. The van der Waals surface area contributed by atoms with Crippen molar-refractivity contribution in [1.29, 1.82) is 0 Å². The maximum absolute atomic E-state index is 12.4. The molecular formula is C17H12Br2N4O. The number of aromatic nitrogens is 2. The van der Waals surface area contributed by atoms with Crippen LogP contribution in [-0.4, -0.2) is 15.9 Å². The van der Waals surface area contributed by atoms with Crippen LogP contribution in [0, 0.1) is 0 Å². The maximum atomic E-state index is 12.4. The molecule has 24 heavy (non-hydrogen) atoms. The number of nitrogens with zero attached hydrogens (tertiary/aromatic N) is 2. The van der Waals surface area contributed by atoms with Gasteiger partial charge in [-0.3, -0.25) is 4.79 Å². The maximum Gasteiger partial charge on any atom is 0.255 e. The molecule has 120 valence electrons. The fraction of sp³-hybridized carbons (Fsp3) is 0. The average Bonchev–Trinajstić information content (AvgIpc) is 2.55. The molecule has 0 aliphatic carbocycles. The van der Waals surface area contributed by atoms with Crippen LogP contribution >= 0.6 is 31.9 Å². The Morgan fingerprint density at radius 1 is 0.958 bits per heavy atom. The first-order chi connectivity index (χ1) is 11.5. The smallest absolute Gasteiger partial charge is 0.255 e. The summed E-state index contributed by atoms with van der Waals surface area (Å²) in [5.41, 5.74) is 8.46. The van der Waals surface area contributed by atoms with Crippen molar-refractivity contribution in [3.8, 4) is 11.1 Å². The molecule has 1 amide bonds. The van der Waals surface area contributed by atoms with E-state index < -0.39 is 0 Å². The zero-order valence-corrected chi connectivity index (χ0v) is 15.5. The third kappa shape index (κ3) is 3.98. The molecule has 0 saturated heterocycles. The second-order valence-electron chi connectivity index (χ2n) is 5.02. The van der Waals surface area contributed by atoms with E-state index >= 15 is 0 Å². The molecule has 2 aromatic carbocycles. The van der Waals surface area contributed by atoms with Crippen molar-refractivity contribution in [2.45, 2.75) is 0 Å². The second kappa shape index (κ2) is 7.11. The Hall–Kier alpha value is -2.25. The molecule has 1 aromatic heterocycles. The van der Waals surface area contributed by atoms with Gasteiger partial charge in [-0.2, -0.15) is 0 Å². The fourth-order valence-electron chi connectivity index (χ4n) is 2.15. The van der Waals surface area contributed by atoms with Crippen LogP contribution in [0.1, 0.15) is 10.4 Å². The number of hydrogen-bond acceptors (Lipinski definition) is 4. The van der Waals surface area contributed by atoms with Crippen molar-refractivity contribution >= 4 is 49.4 Å². The third-order valence-electron chi connectivity index (χ3n) is 3.25. The first kappa shape index (κ1) is 16.6. The molecule has 1 heterocycles. The molecule has 7 heteroatoms. The molecular weight excluding hydrogens is 436 g/mol. The van der Waals surface area contributed by atoms with E-state index in [1.165, 1.54) is 0 Å². The van der Waals surface area contributed by atoms with E-state index in [1.54, 1.807) is 24.5 Å². The van der Waals surface area contributed by atoms with Crippen molar-refractivity contribution in [2.75, 3.05) is 11.1 Å². The molecule has 3 aromatic rings. The van der Waals surface area contributed by atoms with Crippen LogP contribution in [0.4, 0.5) is 11.6 Å². The van der Waals surface area contributed by atoms with Crippen LogP contribution in [0.15, 0.2) is 63.8 Å². The van der Waals surface area contributed by atoms with Crippen molar-refractivity contribution in [2.24, 2.45) is 0 Å². The van der Waals surface area contributed by atoms with Gasteiger partial charge in [0.05, 0.1) is 0 Å². The van der Waals surface area contributed by atoms with Gasteiger partial charge >= 0.3 is 0 Å². The lowest BCUT2D eigenvalue weighted by atomic mass is 10.1. The molecule has 0 bridgehead atoms. The molecule has 5 nitrogen and oxygen atoms in total. The Balaban J connectivity index is 1.84. The SMILES string of the molecule is Nc1ncc(-c2cccc(NC(=O)c3cc(Br)cc(Br)c3)c2)cn1. The zero-order chi connectivity index (χ0) is 17.1. The largest absolute Gasteiger partial charge is 0.368 e. The highest BCUT2D eigenvalue weighted by Crippen LogP contribution is 2.24. The number of halogens is 2. The van der Waals surface area contributed by atoms with Gasteiger partial charge in [-0.15, -0.1) is 0 Å². The van der Waals surface area contributed by atoms with Gasteiger partial charge in [0.2, 0.25) is 5.95 Å². The molecule has 3 rings (SSSR count). The Bertz CT molecular complexity index is 877. The minimum absolute atomic E-state index is 0.192. The summed E-state index contributed by atoms with van der Waals surface area (Å²) in [6.45, 7) is 0. The molecule has 0 spiro atoms. The summed E-state index contributed by atoms with van der Waals surface area (Å²) < 4.78 is 1.66. The van der Waals surface area contributed by atoms with E-state index in [2.05, 4.69) is 47.1 Å². The van der Waals surface area contributed by atoms with Crippen molar-refractivity contribution < 1.29 is 4.79 Å². The molecule has 0 atom stereocenters. The van der Waals surface area contributed by atoms with Gasteiger partial charge < -0.3 is 11.1 Å². The Morgan fingerprint density at radius 2 is 1.62 bits per heavy atom. The lowest BCUT2D eigenvalue weighted by Crippen LogP contribution is -2.11. The van der Waals surface area contributed by atoms with E-state index in [9.17, 15) is 4.79 Å². The van der Waals surface area contributed by atoms with E-state index in [1.807, 2.05) is 30.3 Å². The van der Waals surface area contributed by atoms with Crippen LogP contribution in [0.2, 0.25) is 0 Å². The van der Waals surface area contributed by atoms with Gasteiger partial charge in [-0.25, -0.2) is 9.97 Å². The fourth-order valence-corrected chi connectivity index (χ4v) is 3.45. The van der Waals surface area contributed by atoms with Crippen LogP contribution in [-0.2, 0) is 0 Å². The van der Waals surface area contributed by atoms with Crippen LogP contribution in [0.3, 0.4) is 0 Å². The Labute approximate surface area is 155 Å². The molecule has 0 aliphatic heterocycles. The first-order valence-corrected chi connectivity index (χ1v) is 8.55. The van der Waals surface area contributed by atoms with Gasteiger partial charge in [-0.05, 0) is 35.9 Å². The quantitative estimate of drug-likeness (QED) is 0.619. The van der Waals surface area contributed by atoms with Crippen LogP contribution in [0.5, 0.6) is 0 Å². The summed E-state index contributed by atoms with van der Waals surface area (Å²) in [4.78, 5) is 20.4. The van der Waals surface area contributed by atoms with Gasteiger partial charge in [0.15, 0.2) is 0 Å². The summed E-state index contributed by atoms with van der Waals surface area (Å²) in [5, 5.41) is 2.89. The molecule has 0 fully saturated rings. The minimum atomic E-state index is -0.192. The van der Waals surface area contributed by atoms with E-state index in [0.717, 1.165) is 20.1 Å². The van der Waals surface area contributed by atoms with Gasteiger partial charge in [-0.1, -0.05) is 44.0 Å².